The predicted molar refractivity (Wildman–Crippen MR) is 90.1 cm³/mol. The van der Waals surface area contributed by atoms with Crippen LogP contribution in [0.3, 0.4) is 0 Å². The van der Waals surface area contributed by atoms with Crippen LogP contribution >= 0.6 is 11.6 Å². The monoisotopic (exact) mass is 365 g/mol. The molecular weight excluding hydrogens is 350 g/mol. The topological polar surface area (TPSA) is 82.9 Å². The van der Waals surface area contributed by atoms with E-state index in [9.17, 15) is 9.59 Å². The van der Waals surface area contributed by atoms with Crippen LogP contribution in [0, 0.1) is 0 Å². The van der Waals surface area contributed by atoms with Crippen LogP contribution in [-0.2, 0) is 30.8 Å². The molecule has 0 atom stereocenters. The maximum atomic E-state index is 12.3. The molecular formula is C16H16ClN3O5. The number of nitrogens with zero attached hydrogens (tertiary/aromatic N) is 3. The van der Waals surface area contributed by atoms with Gasteiger partial charge in [0.25, 0.3) is 0 Å². The molecule has 0 bridgehead atoms. The summed E-state index contributed by atoms with van der Waals surface area (Å²) >= 11 is 6.38. The van der Waals surface area contributed by atoms with E-state index in [1.54, 1.807) is 23.9 Å². The molecule has 0 radical (unpaired) electrons. The first kappa shape index (κ1) is 17.2. The Morgan fingerprint density at radius 3 is 2.64 bits per heavy atom. The Morgan fingerprint density at radius 1 is 1.24 bits per heavy atom. The van der Waals surface area contributed by atoms with E-state index in [1.165, 1.54) is 19.1 Å². The summed E-state index contributed by atoms with van der Waals surface area (Å²) in [7, 11) is 4.27. The third-order valence-electron chi connectivity index (χ3n) is 3.81. The Labute approximate surface area is 148 Å². The quantitative estimate of drug-likeness (QED) is 0.764. The van der Waals surface area contributed by atoms with Crippen LogP contribution in [0.15, 0.2) is 29.6 Å². The highest BCUT2D eigenvalue weighted by Crippen LogP contribution is 2.35. The highest BCUT2D eigenvalue weighted by Gasteiger charge is 2.33. The number of carbonyl (C=O) groups excluding carboxylic acids is 2. The molecule has 1 aliphatic heterocycles. The van der Waals surface area contributed by atoms with Crippen LogP contribution in [0.1, 0.15) is 0 Å². The zero-order valence-electron chi connectivity index (χ0n) is 13.9. The molecule has 0 unspecified atom stereocenters. The van der Waals surface area contributed by atoms with Crippen LogP contribution in [0.4, 0.5) is 5.69 Å². The lowest BCUT2D eigenvalue weighted by atomic mass is 10.1. The maximum absolute atomic E-state index is 12.3. The smallest absolute Gasteiger partial charge is 0.355 e. The minimum absolute atomic E-state index is 0.0381. The van der Waals surface area contributed by atoms with E-state index in [-0.39, 0.29) is 24.6 Å². The SMILES string of the molecule is COC(=O)C1=C(C(=O)OC)N(c2cc3cn(C)nc3cc2Cl)COC1. The van der Waals surface area contributed by atoms with Crippen molar-refractivity contribution in [3.63, 3.8) is 0 Å². The molecule has 0 amide bonds. The minimum atomic E-state index is -0.675. The second-order valence-electron chi connectivity index (χ2n) is 5.38. The molecule has 0 saturated heterocycles. The summed E-state index contributed by atoms with van der Waals surface area (Å²) in [5.74, 6) is -1.34. The highest BCUT2D eigenvalue weighted by atomic mass is 35.5. The number of aryl methyl sites for hydroxylation is 1. The van der Waals surface area contributed by atoms with Crippen LogP contribution in [0.25, 0.3) is 10.9 Å². The largest absolute Gasteiger partial charge is 0.466 e. The molecule has 132 valence electrons. The third-order valence-corrected chi connectivity index (χ3v) is 4.11. The number of hydrogen-bond acceptors (Lipinski definition) is 7. The summed E-state index contributed by atoms with van der Waals surface area (Å²) in [6, 6.07) is 3.46. The summed E-state index contributed by atoms with van der Waals surface area (Å²) < 4.78 is 16.7. The van der Waals surface area contributed by atoms with Gasteiger partial charge in [0.2, 0.25) is 0 Å². The van der Waals surface area contributed by atoms with Crippen molar-refractivity contribution in [2.24, 2.45) is 7.05 Å². The van der Waals surface area contributed by atoms with Crippen molar-refractivity contribution in [3.05, 3.63) is 34.6 Å². The molecule has 2 aromatic rings. The lowest BCUT2D eigenvalue weighted by molar-refractivity contribution is -0.140. The fourth-order valence-electron chi connectivity index (χ4n) is 2.70. The molecule has 1 aromatic heterocycles. The summed E-state index contributed by atoms with van der Waals surface area (Å²) in [4.78, 5) is 25.8. The Morgan fingerprint density at radius 2 is 1.96 bits per heavy atom. The van der Waals surface area contributed by atoms with E-state index in [0.717, 1.165) is 5.39 Å². The Bertz CT molecular complexity index is 889. The normalized spacial score (nSPS) is 14.8. The van der Waals surface area contributed by atoms with Gasteiger partial charge < -0.3 is 19.1 Å². The van der Waals surface area contributed by atoms with Gasteiger partial charge in [-0.1, -0.05) is 11.6 Å². The van der Waals surface area contributed by atoms with E-state index >= 15 is 0 Å². The second-order valence-corrected chi connectivity index (χ2v) is 5.79. The zero-order valence-corrected chi connectivity index (χ0v) is 14.7. The summed E-state index contributed by atoms with van der Waals surface area (Å²) in [5, 5.41) is 5.48. The predicted octanol–water partition coefficient (Wildman–Crippen LogP) is 1.62. The van der Waals surface area contributed by atoms with Gasteiger partial charge in [-0.15, -0.1) is 0 Å². The van der Waals surface area contributed by atoms with Crippen molar-refractivity contribution >= 4 is 40.1 Å². The lowest BCUT2D eigenvalue weighted by Crippen LogP contribution is -2.38. The van der Waals surface area contributed by atoms with E-state index in [4.69, 9.17) is 25.8 Å². The van der Waals surface area contributed by atoms with Gasteiger partial charge in [-0.2, -0.15) is 5.10 Å². The zero-order chi connectivity index (χ0) is 18.1. The van der Waals surface area contributed by atoms with Gasteiger partial charge in [-0.05, 0) is 12.1 Å². The molecule has 0 saturated carbocycles. The lowest BCUT2D eigenvalue weighted by Gasteiger charge is -2.31. The molecule has 9 heteroatoms. The van der Waals surface area contributed by atoms with Crippen LogP contribution < -0.4 is 4.90 Å². The molecule has 2 heterocycles. The molecule has 0 spiro atoms. The first-order valence-corrected chi connectivity index (χ1v) is 7.72. The number of esters is 2. The fourth-order valence-corrected chi connectivity index (χ4v) is 2.96. The Kier molecular flexibility index (Phi) is 4.65. The van der Waals surface area contributed by atoms with Gasteiger partial charge in [0, 0.05) is 18.6 Å². The second kappa shape index (κ2) is 6.73. The average molecular weight is 366 g/mol. The minimum Gasteiger partial charge on any atom is -0.466 e. The number of ether oxygens (including phenoxy) is 3. The van der Waals surface area contributed by atoms with Gasteiger partial charge in [0.05, 0.1) is 42.6 Å². The van der Waals surface area contributed by atoms with Crippen molar-refractivity contribution in [1.29, 1.82) is 0 Å². The maximum Gasteiger partial charge on any atom is 0.355 e. The summed E-state index contributed by atoms with van der Waals surface area (Å²) in [6.07, 6.45) is 1.82. The summed E-state index contributed by atoms with van der Waals surface area (Å²) in [6.45, 7) is -0.0171. The number of rotatable bonds is 3. The van der Waals surface area contributed by atoms with E-state index in [2.05, 4.69) is 5.10 Å². The molecule has 0 aliphatic carbocycles. The molecule has 0 N–H and O–H groups in total. The van der Waals surface area contributed by atoms with Crippen molar-refractivity contribution in [1.82, 2.24) is 9.78 Å². The fraction of sp³-hybridized carbons (Fsp3) is 0.312. The molecule has 3 rings (SSSR count). The van der Waals surface area contributed by atoms with Gasteiger partial charge >= 0.3 is 11.9 Å². The van der Waals surface area contributed by atoms with Gasteiger partial charge in [-0.3, -0.25) is 4.68 Å². The highest BCUT2D eigenvalue weighted by molar-refractivity contribution is 6.34. The van der Waals surface area contributed by atoms with Crippen molar-refractivity contribution < 1.29 is 23.8 Å². The first-order chi connectivity index (χ1) is 12.0. The van der Waals surface area contributed by atoms with Crippen molar-refractivity contribution in [2.75, 3.05) is 32.5 Å². The number of hydrogen-bond donors (Lipinski definition) is 0. The molecule has 1 aliphatic rings. The van der Waals surface area contributed by atoms with Gasteiger partial charge in [-0.25, -0.2) is 9.59 Å². The van der Waals surface area contributed by atoms with E-state index in [1.807, 2.05) is 6.20 Å². The standard InChI is InChI=1S/C16H16ClN3O5/c1-19-6-9-4-13(11(17)5-12(9)18-19)20-8-25-7-10(15(21)23-2)14(20)16(22)24-3/h4-6H,7-8H2,1-3H3. The number of aromatic nitrogens is 2. The number of carbonyl (C=O) groups is 2. The molecule has 0 fully saturated rings. The Hall–Kier alpha value is -2.58. The third kappa shape index (κ3) is 3.06. The van der Waals surface area contributed by atoms with Crippen LogP contribution in [-0.4, -0.2) is 49.3 Å². The number of halogens is 1. The van der Waals surface area contributed by atoms with Crippen molar-refractivity contribution in [2.45, 2.75) is 0 Å². The van der Waals surface area contributed by atoms with E-state index < -0.39 is 11.9 Å². The number of methoxy groups -OCH3 is 2. The molecule has 1 aromatic carbocycles. The molecule has 25 heavy (non-hydrogen) atoms. The number of benzene rings is 1. The van der Waals surface area contributed by atoms with Gasteiger partial charge in [0.15, 0.2) is 0 Å². The average Bonchev–Trinajstić information content (AvgIpc) is 2.97. The van der Waals surface area contributed by atoms with E-state index in [0.29, 0.717) is 16.2 Å². The molecule has 8 nitrogen and oxygen atoms in total. The van der Waals surface area contributed by atoms with Crippen LogP contribution in [0.5, 0.6) is 0 Å². The summed E-state index contributed by atoms with van der Waals surface area (Å²) in [5.41, 5.74) is 1.34. The van der Waals surface area contributed by atoms with Gasteiger partial charge in [0.1, 0.15) is 12.4 Å². The van der Waals surface area contributed by atoms with Crippen molar-refractivity contribution in [3.8, 4) is 0 Å². The number of anilines is 1. The Balaban J connectivity index is 2.18. The first-order valence-electron chi connectivity index (χ1n) is 7.34. The number of fused-ring (bicyclic) bond motifs is 1. The van der Waals surface area contributed by atoms with Crippen LogP contribution in [0.2, 0.25) is 5.02 Å².